The number of rotatable bonds is 2. The van der Waals surface area contributed by atoms with Crippen LogP contribution in [0.15, 0.2) is 24.3 Å². The summed E-state index contributed by atoms with van der Waals surface area (Å²) in [4.78, 5) is 0. The molecule has 0 amide bonds. The molecular formula is C16H24O. The summed E-state index contributed by atoms with van der Waals surface area (Å²) >= 11 is 0. The van der Waals surface area contributed by atoms with E-state index >= 15 is 0 Å². The maximum absolute atomic E-state index is 5.53. The highest BCUT2D eigenvalue weighted by Crippen LogP contribution is 2.24. The van der Waals surface area contributed by atoms with E-state index in [2.05, 4.69) is 45.0 Å². The van der Waals surface area contributed by atoms with Gasteiger partial charge in [0.15, 0.2) is 0 Å². The Kier molecular flexibility index (Phi) is 3.88. The van der Waals surface area contributed by atoms with E-state index < -0.39 is 0 Å². The first-order valence-electron chi connectivity index (χ1n) is 6.73. The topological polar surface area (TPSA) is 9.23 Å². The largest absolute Gasteiger partial charge is 0.381 e. The van der Waals surface area contributed by atoms with E-state index in [4.69, 9.17) is 4.74 Å². The van der Waals surface area contributed by atoms with Gasteiger partial charge in [-0.25, -0.2) is 0 Å². The molecule has 0 bridgehead atoms. The minimum Gasteiger partial charge on any atom is -0.381 e. The van der Waals surface area contributed by atoms with Crippen molar-refractivity contribution in [1.82, 2.24) is 0 Å². The number of ether oxygens (including phenoxy) is 1. The lowest BCUT2D eigenvalue weighted by Gasteiger charge is -2.23. The molecule has 17 heavy (non-hydrogen) atoms. The maximum Gasteiger partial charge on any atom is 0.0497 e. The van der Waals surface area contributed by atoms with Crippen molar-refractivity contribution in [2.24, 2.45) is 5.92 Å². The van der Waals surface area contributed by atoms with Crippen molar-refractivity contribution < 1.29 is 4.74 Å². The lowest BCUT2D eigenvalue weighted by Crippen LogP contribution is -2.19. The van der Waals surface area contributed by atoms with Gasteiger partial charge in [-0.2, -0.15) is 0 Å². The molecule has 1 heteroatoms. The van der Waals surface area contributed by atoms with Gasteiger partial charge in [0.25, 0.3) is 0 Å². The first kappa shape index (κ1) is 12.6. The summed E-state index contributed by atoms with van der Waals surface area (Å²) in [5.74, 6) is 0.726. The van der Waals surface area contributed by atoms with Gasteiger partial charge >= 0.3 is 0 Å². The zero-order chi connectivity index (χ0) is 12.3. The summed E-state index contributed by atoms with van der Waals surface area (Å²) in [6, 6.07) is 9.13. The van der Waals surface area contributed by atoms with Crippen LogP contribution < -0.4 is 0 Å². The lowest BCUT2D eigenvalue weighted by atomic mass is 9.85. The monoisotopic (exact) mass is 232 g/mol. The molecule has 1 aliphatic rings. The van der Waals surface area contributed by atoms with Crippen LogP contribution in [-0.4, -0.2) is 13.2 Å². The van der Waals surface area contributed by atoms with Crippen molar-refractivity contribution in [3.8, 4) is 0 Å². The van der Waals surface area contributed by atoms with E-state index in [-0.39, 0.29) is 5.41 Å². The smallest absolute Gasteiger partial charge is 0.0497 e. The van der Waals surface area contributed by atoms with Crippen LogP contribution >= 0.6 is 0 Å². The van der Waals surface area contributed by atoms with Gasteiger partial charge in [-0.05, 0) is 41.7 Å². The second kappa shape index (κ2) is 5.22. The average Bonchev–Trinajstić information content (AvgIpc) is 2.30. The van der Waals surface area contributed by atoms with Crippen LogP contribution in [0.4, 0.5) is 0 Å². The van der Waals surface area contributed by atoms with Gasteiger partial charge in [-0.1, -0.05) is 45.0 Å². The van der Waals surface area contributed by atoms with Crippen LogP contribution in [0.5, 0.6) is 0 Å². The standard InChI is InChI=1S/C16H24O/c1-16(2,3)15-8-6-13(7-9-15)11-14-5-4-10-17-12-14/h6-9,14H,4-5,10-12H2,1-3H3. The third-order valence-corrected chi connectivity index (χ3v) is 3.60. The highest BCUT2D eigenvalue weighted by molar-refractivity contribution is 5.27. The first-order chi connectivity index (χ1) is 8.05. The zero-order valence-electron chi connectivity index (χ0n) is 11.3. The molecule has 0 aromatic heterocycles. The summed E-state index contributed by atoms with van der Waals surface area (Å²) < 4.78 is 5.53. The minimum atomic E-state index is 0.256. The van der Waals surface area contributed by atoms with E-state index in [1.165, 1.54) is 30.4 Å². The Morgan fingerprint density at radius 1 is 1.18 bits per heavy atom. The molecule has 1 aromatic carbocycles. The third-order valence-electron chi connectivity index (χ3n) is 3.60. The van der Waals surface area contributed by atoms with Crippen LogP contribution in [0.2, 0.25) is 0 Å². The van der Waals surface area contributed by atoms with Crippen molar-refractivity contribution >= 4 is 0 Å². The first-order valence-corrected chi connectivity index (χ1v) is 6.73. The zero-order valence-corrected chi connectivity index (χ0v) is 11.3. The van der Waals surface area contributed by atoms with Gasteiger partial charge in [0.2, 0.25) is 0 Å². The molecular weight excluding hydrogens is 208 g/mol. The van der Waals surface area contributed by atoms with Gasteiger partial charge in [0.05, 0.1) is 0 Å². The Labute approximate surface area is 105 Å². The summed E-state index contributed by atoms with van der Waals surface area (Å²) in [5.41, 5.74) is 3.13. The van der Waals surface area contributed by atoms with Gasteiger partial charge in [-0.15, -0.1) is 0 Å². The van der Waals surface area contributed by atoms with Crippen molar-refractivity contribution in [3.63, 3.8) is 0 Å². The second-order valence-electron chi connectivity index (χ2n) is 6.23. The van der Waals surface area contributed by atoms with Crippen molar-refractivity contribution in [2.75, 3.05) is 13.2 Å². The molecule has 1 fully saturated rings. The van der Waals surface area contributed by atoms with E-state index in [1.54, 1.807) is 0 Å². The van der Waals surface area contributed by atoms with Crippen LogP contribution in [0.1, 0.15) is 44.7 Å². The van der Waals surface area contributed by atoms with Crippen LogP contribution in [-0.2, 0) is 16.6 Å². The molecule has 0 spiro atoms. The fourth-order valence-electron chi connectivity index (χ4n) is 2.44. The summed E-state index contributed by atoms with van der Waals surface area (Å²) in [5, 5.41) is 0. The van der Waals surface area contributed by atoms with E-state index in [0.29, 0.717) is 0 Å². The Bertz CT molecular complexity index is 339. The second-order valence-corrected chi connectivity index (χ2v) is 6.23. The van der Waals surface area contributed by atoms with Gasteiger partial charge in [-0.3, -0.25) is 0 Å². The fraction of sp³-hybridized carbons (Fsp3) is 0.625. The van der Waals surface area contributed by atoms with Gasteiger partial charge in [0, 0.05) is 13.2 Å². The molecule has 1 unspecified atom stereocenters. The normalized spacial score (nSPS) is 21.5. The molecule has 1 aromatic rings. The molecule has 1 aliphatic heterocycles. The van der Waals surface area contributed by atoms with E-state index in [9.17, 15) is 0 Å². The van der Waals surface area contributed by atoms with E-state index in [0.717, 1.165) is 19.1 Å². The third kappa shape index (κ3) is 3.57. The molecule has 94 valence electrons. The van der Waals surface area contributed by atoms with Gasteiger partial charge in [0.1, 0.15) is 0 Å². The predicted octanol–water partition coefficient (Wildman–Crippen LogP) is 3.95. The van der Waals surface area contributed by atoms with Crippen molar-refractivity contribution in [3.05, 3.63) is 35.4 Å². The molecule has 1 atom stereocenters. The molecule has 1 nitrogen and oxygen atoms in total. The highest BCUT2D eigenvalue weighted by atomic mass is 16.5. The molecule has 0 N–H and O–H groups in total. The SMILES string of the molecule is CC(C)(C)c1ccc(CC2CCCOC2)cc1. The number of hydrogen-bond donors (Lipinski definition) is 0. The lowest BCUT2D eigenvalue weighted by molar-refractivity contribution is 0.0550. The molecule has 0 radical (unpaired) electrons. The maximum atomic E-state index is 5.53. The van der Waals surface area contributed by atoms with Crippen LogP contribution in [0.25, 0.3) is 0 Å². The number of hydrogen-bond acceptors (Lipinski definition) is 1. The quantitative estimate of drug-likeness (QED) is 0.750. The molecule has 0 saturated carbocycles. The summed E-state index contributed by atoms with van der Waals surface area (Å²) in [6.45, 7) is 8.69. The van der Waals surface area contributed by atoms with Crippen molar-refractivity contribution in [2.45, 2.75) is 45.4 Å². The predicted molar refractivity (Wildman–Crippen MR) is 72.4 cm³/mol. The fourth-order valence-corrected chi connectivity index (χ4v) is 2.44. The van der Waals surface area contributed by atoms with E-state index in [1.807, 2.05) is 0 Å². The van der Waals surface area contributed by atoms with Crippen LogP contribution in [0, 0.1) is 5.92 Å². The van der Waals surface area contributed by atoms with Gasteiger partial charge < -0.3 is 4.74 Å². The van der Waals surface area contributed by atoms with Crippen LogP contribution in [0.3, 0.4) is 0 Å². The van der Waals surface area contributed by atoms with Crippen molar-refractivity contribution in [1.29, 1.82) is 0 Å². The minimum absolute atomic E-state index is 0.256. The Hall–Kier alpha value is -0.820. The Balaban J connectivity index is 1.98. The number of benzene rings is 1. The molecule has 1 saturated heterocycles. The highest BCUT2D eigenvalue weighted by Gasteiger charge is 2.16. The molecule has 2 rings (SSSR count). The molecule has 0 aliphatic carbocycles. The summed E-state index contributed by atoms with van der Waals surface area (Å²) in [7, 11) is 0. The Morgan fingerprint density at radius 3 is 2.41 bits per heavy atom. The molecule has 1 heterocycles. The average molecular weight is 232 g/mol. The Morgan fingerprint density at radius 2 is 1.88 bits per heavy atom. The summed E-state index contributed by atoms with van der Waals surface area (Å²) in [6.07, 6.45) is 3.72.